The second-order valence-corrected chi connectivity index (χ2v) is 5.02. The summed E-state index contributed by atoms with van der Waals surface area (Å²) in [7, 11) is 2.08. The van der Waals surface area contributed by atoms with Crippen LogP contribution in [0.15, 0.2) is 12.1 Å². The molecule has 0 unspecified atom stereocenters. The van der Waals surface area contributed by atoms with E-state index in [1.807, 2.05) is 11.3 Å². The first-order valence-corrected chi connectivity index (χ1v) is 5.90. The van der Waals surface area contributed by atoms with Gasteiger partial charge in [-0.3, -0.25) is 0 Å². The summed E-state index contributed by atoms with van der Waals surface area (Å²) in [6.07, 6.45) is 5.13. The summed E-state index contributed by atoms with van der Waals surface area (Å²) in [5.74, 6) is 0. The molecule has 1 aromatic heterocycles. The third-order valence-electron chi connectivity index (χ3n) is 2.86. The fourth-order valence-corrected chi connectivity index (χ4v) is 3.12. The van der Waals surface area contributed by atoms with Gasteiger partial charge >= 0.3 is 0 Å². The first kappa shape index (κ1) is 9.22. The Morgan fingerprint density at radius 3 is 2.77 bits per heavy atom. The van der Waals surface area contributed by atoms with E-state index >= 15 is 0 Å². The molecule has 1 nitrogen and oxygen atoms in total. The molecule has 0 atom stereocenters. The largest absolute Gasteiger partial charge is 0.310 e. The van der Waals surface area contributed by atoms with Crippen molar-refractivity contribution in [3.05, 3.63) is 21.9 Å². The molecule has 1 saturated carbocycles. The first-order chi connectivity index (χ1) is 6.30. The van der Waals surface area contributed by atoms with Gasteiger partial charge in [-0.15, -0.1) is 11.3 Å². The Hall–Kier alpha value is -0.340. The lowest BCUT2D eigenvalue weighted by atomic mass is 10.2. The maximum absolute atomic E-state index is 3.43. The van der Waals surface area contributed by atoms with Crippen LogP contribution in [0.2, 0.25) is 0 Å². The quantitative estimate of drug-likeness (QED) is 0.779. The van der Waals surface area contributed by atoms with E-state index in [9.17, 15) is 0 Å². The van der Waals surface area contributed by atoms with Gasteiger partial charge in [0, 0.05) is 9.75 Å². The minimum atomic E-state index is 0.372. The van der Waals surface area contributed by atoms with Crippen LogP contribution in [0.5, 0.6) is 0 Å². The van der Waals surface area contributed by atoms with Gasteiger partial charge in [-0.25, -0.2) is 0 Å². The summed E-state index contributed by atoms with van der Waals surface area (Å²) in [6.45, 7) is 2.24. The Morgan fingerprint density at radius 2 is 2.23 bits per heavy atom. The summed E-state index contributed by atoms with van der Waals surface area (Å²) in [4.78, 5) is 3.08. The second kappa shape index (κ2) is 3.43. The molecule has 2 heteroatoms. The summed E-state index contributed by atoms with van der Waals surface area (Å²) in [6, 6.07) is 4.60. The highest BCUT2D eigenvalue weighted by Crippen LogP contribution is 2.47. The molecule has 0 amide bonds. The predicted octanol–water partition coefficient (Wildman–Crippen LogP) is 2.91. The molecule has 1 fully saturated rings. The fraction of sp³-hybridized carbons (Fsp3) is 0.636. The Balaban J connectivity index is 2.13. The lowest BCUT2D eigenvalue weighted by Crippen LogP contribution is -2.22. The van der Waals surface area contributed by atoms with Crippen LogP contribution in [-0.4, -0.2) is 7.05 Å². The van der Waals surface area contributed by atoms with Crippen LogP contribution < -0.4 is 5.32 Å². The summed E-state index contributed by atoms with van der Waals surface area (Å²) in [5.41, 5.74) is 0.372. The highest BCUT2D eigenvalue weighted by atomic mass is 32.1. The minimum absolute atomic E-state index is 0.372. The highest BCUT2D eigenvalue weighted by molar-refractivity contribution is 7.12. The summed E-state index contributed by atoms with van der Waals surface area (Å²) >= 11 is 1.99. The zero-order chi connectivity index (χ0) is 9.31. The van der Waals surface area contributed by atoms with E-state index in [0.717, 1.165) is 0 Å². The van der Waals surface area contributed by atoms with Crippen LogP contribution >= 0.6 is 11.3 Å². The zero-order valence-electron chi connectivity index (χ0n) is 8.39. The minimum Gasteiger partial charge on any atom is -0.310 e. The first-order valence-electron chi connectivity index (χ1n) is 5.09. The Kier molecular flexibility index (Phi) is 2.43. The monoisotopic (exact) mass is 195 g/mol. The number of hydrogen-bond acceptors (Lipinski definition) is 2. The molecule has 0 aromatic carbocycles. The number of rotatable bonds is 4. The fourth-order valence-electron chi connectivity index (χ4n) is 1.76. The molecule has 0 bridgehead atoms. The van der Waals surface area contributed by atoms with Crippen molar-refractivity contribution in [2.45, 2.75) is 38.1 Å². The van der Waals surface area contributed by atoms with Crippen LogP contribution in [0, 0.1) is 0 Å². The van der Waals surface area contributed by atoms with Crippen molar-refractivity contribution < 1.29 is 0 Å². The predicted molar refractivity (Wildman–Crippen MR) is 58.3 cm³/mol. The van der Waals surface area contributed by atoms with Gasteiger partial charge in [0.2, 0.25) is 0 Å². The van der Waals surface area contributed by atoms with Crippen LogP contribution in [0.25, 0.3) is 0 Å². The second-order valence-electron chi connectivity index (χ2n) is 3.85. The molecule has 1 heterocycles. The Labute approximate surface area is 84.2 Å². The van der Waals surface area contributed by atoms with Crippen LogP contribution in [0.3, 0.4) is 0 Å². The van der Waals surface area contributed by atoms with Crippen molar-refractivity contribution in [2.24, 2.45) is 0 Å². The lowest BCUT2D eigenvalue weighted by Gasteiger charge is -2.10. The van der Waals surface area contributed by atoms with Gasteiger partial charge in [-0.05, 0) is 38.4 Å². The lowest BCUT2D eigenvalue weighted by molar-refractivity contribution is 0.597. The molecule has 0 aliphatic heterocycles. The number of aryl methyl sites for hydroxylation is 1. The van der Waals surface area contributed by atoms with Crippen molar-refractivity contribution >= 4 is 11.3 Å². The number of thiophene rings is 1. The molecule has 1 N–H and O–H groups in total. The van der Waals surface area contributed by atoms with E-state index in [1.165, 1.54) is 25.7 Å². The van der Waals surface area contributed by atoms with E-state index in [4.69, 9.17) is 0 Å². The van der Waals surface area contributed by atoms with Crippen molar-refractivity contribution in [1.82, 2.24) is 5.32 Å². The van der Waals surface area contributed by atoms with Crippen molar-refractivity contribution in [3.63, 3.8) is 0 Å². The molecular weight excluding hydrogens is 178 g/mol. The number of hydrogen-bond donors (Lipinski definition) is 1. The molecule has 1 aliphatic carbocycles. The van der Waals surface area contributed by atoms with E-state index in [1.54, 1.807) is 9.75 Å². The van der Waals surface area contributed by atoms with Gasteiger partial charge in [0.25, 0.3) is 0 Å². The standard InChI is InChI=1S/C11H17NS/c1-3-4-9-5-6-10(13-9)11(12-2)7-8-11/h5-6,12H,3-4,7-8H2,1-2H3. The zero-order valence-corrected chi connectivity index (χ0v) is 9.21. The maximum atomic E-state index is 3.43. The molecule has 72 valence electrons. The molecule has 13 heavy (non-hydrogen) atoms. The van der Waals surface area contributed by atoms with Crippen LogP contribution in [0.1, 0.15) is 35.9 Å². The number of nitrogens with one attached hydrogen (secondary N) is 1. The van der Waals surface area contributed by atoms with Gasteiger partial charge in [-0.1, -0.05) is 13.3 Å². The smallest absolute Gasteiger partial charge is 0.0528 e. The molecule has 0 spiro atoms. The topological polar surface area (TPSA) is 12.0 Å². The Morgan fingerprint density at radius 1 is 1.46 bits per heavy atom. The average Bonchev–Trinajstić information content (AvgIpc) is 2.82. The van der Waals surface area contributed by atoms with Gasteiger partial charge in [0.1, 0.15) is 0 Å². The molecule has 2 rings (SSSR count). The molecule has 1 aromatic rings. The SMILES string of the molecule is CCCc1ccc(C2(NC)CC2)s1. The van der Waals surface area contributed by atoms with Crippen LogP contribution in [0.4, 0.5) is 0 Å². The van der Waals surface area contributed by atoms with E-state index in [-0.39, 0.29) is 0 Å². The third kappa shape index (κ3) is 1.65. The normalized spacial score (nSPS) is 18.9. The van der Waals surface area contributed by atoms with Gasteiger partial charge in [-0.2, -0.15) is 0 Å². The Bertz CT molecular complexity index is 286. The van der Waals surface area contributed by atoms with Crippen molar-refractivity contribution in [3.8, 4) is 0 Å². The highest BCUT2D eigenvalue weighted by Gasteiger charge is 2.43. The van der Waals surface area contributed by atoms with E-state index < -0.39 is 0 Å². The van der Waals surface area contributed by atoms with Crippen molar-refractivity contribution in [1.29, 1.82) is 0 Å². The van der Waals surface area contributed by atoms with Crippen LogP contribution in [-0.2, 0) is 12.0 Å². The molecule has 1 aliphatic rings. The molecule has 0 radical (unpaired) electrons. The summed E-state index contributed by atoms with van der Waals surface area (Å²) in [5, 5.41) is 3.43. The van der Waals surface area contributed by atoms with E-state index in [2.05, 4.69) is 31.4 Å². The van der Waals surface area contributed by atoms with Crippen molar-refractivity contribution in [2.75, 3.05) is 7.05 Å². The molecule has 0 saturated heterocycles. The summed E-state index contributed by atoms with van der Waals surface area (Å²) < 4.78 is 0. The average molecular weight is 195 g/mol. The van der Waals surface area contributed by atoms with Gasteiger partial charge in [0.05, 0.1) is 5.54 Å². The van der Waals surface area contributed by atoms with Gasteiger partial charge in [0.15, 0.2) is 0 Å². The molecular formula is C11H17NS. The van der Waals surface area contributed by atoms with Gasteiger partial charge < -0.3 is 5.32 Å². The third-order valence-corrected chi connectivity index (χ3v) is 4.21. The van der Waals surface area contributed by atoms with E-state index in [0.29, 0.717) is 5.54 Å². The maximum Gasteiger partial charge on any atom is 0.0528 e.